The van der Waals surface area contributed by atoms with Crippen LogP contribution in [0.3, 0.4) is 0 Å². The zero-order valence-electron chi connectivity index (χ0n) is 65.8. The van der Waals surface area contributed by atoms with E-state index in [0.29, 0.717) is 12.0 Å². The van der Waals surface area contributed by atoms with Crippen molar-refractivity contribution in [3.63, 3.8) is 0 Å². The molecule has 0 bridgehead atoms. The van der Waals surface area contributed by atoms with Gasteiger partial charge in [-0.25, -0.2) is 4.79 Å². The summed E-state index contributed by atoms with van der Waals surface area (Å²) in [6.45, 7) is 9.35. The maximum atomic E-state index is 14.3. The minimum Gasteiger partial charge on any atom is -0.481 e. The number of nitrogens with two attached hydrogens (primary N) is 4. The Hall–Kier alpha value is -10.6. The van der Waals surface area contributed by atoms with Crippen molar-refractivity contribution in [3.8, 4) is 0 Å². The van der Waals surface area contributed by atoms with E-state index in [-0.39, 0.29) is 76.6 Å². The van der Waals surface area contributed by atoms with E-state index in [2.05, 4.69) is 74.1 Å². The molecule has 0 spiro atoms. The number of aromatic amines is 1. The van der Waals surface area contributed by atoms with Crippen LogP contribution in [0.25, 0.3) is 10.9 Å². The molecule has 0 saturated carbocycles. The molecule has 0 aliphatic carbocycles. The van der Waals surface area contributed by atoms with Crippen LogP contribution < -0.4 is 92.1 Å². The molecule has 0 unspecified atom stereocenters. The van der Waals surface area contributed by atoms with Crippen molar-refractivity contribution >= 4 is 129 Å². The number of thioether (sulfide) groups is 1. The maximum absolute atomic E-state index is 14.3. The van der Waals surface area contributed by atoms with E-state index in [1.54, 1.807) is 46.2 Å². The van der Waals surface area contributed by atoms with E-state index in [9.17, 15) is 112 Å². The highest BCUT2D eigenvalue weighted by Crippen LogP contribution is 2.20. The van der Waals surface area contributed by atoms with E-state index in [1.807, 2.05) is 18.2 Å². The van der Waals surface area contributed by atoms with Crippen molar-refractivity contribution in [1.29, 1.82) is 0 Å². The Labute approximate surface area is 668 Å². The van der Waals surface area contributed by atoms with Crippen LogP contribution in [0.2, 0.25) is 0 Å². The first kappa shape index (κ1) is 100. The zero-order chi connectivity index (χ0) is 86.9. The molecule has 115 heavy (non-hydrogen) atoms. The Bertz CT molecular complexity index is 3660. The number of aliphatic hydroxyl groups excluding tert-OH is 2. The molecule has 2 aromatic rings. The summed E-state index contributed by atoms with van der Waals surface area (Å²) in [5.41, 5.74) is 24.7. The Morgan fingerprint density at radius 1 is 0.426 bits per heavy atom. The third-order valence-corrected chi connectivity index (χ3v) is 18.4. The highest BCUT2D eigenvalue weighted by atomic mass is 32.2. The highest BCUT2D eigenvalue weighted by Gasteiger charge is 2.39. The van der Waals surface area contributed by atoms with Gasteiger partial charge in [0.1, 0.15) is 78.5 Å². The summed E-state index contributed by atoms with van der Waals surface area (Å²) in [5.74, 6) is -21.5. The minimum atomic E-state index is -2.02. The molecule has 0 saturated heterocycles. The molecule has 0 aliphatic heterocycles. The fraction of sp³-hybridized carbons (Fsp3) is 0.639. The quantitative estimate of drug-likeness (QED) is 0.0275. The van der Waals surface area contributed by atoms with Crippen LogP contribution in [0, 0.1) is 11.8 Å². The molecule has 0 radical (unpaired) electrons. The van der Waals surface area contributed by atoms with Gasteiger partial charge in [0.05, 0.1) is 25.2 Å². The lowest BCUT2D eigenvalue weighted by Gasteiger charge is -2.29. The summed E-state index contributed by atoms with van der Waals surface area (Å²) in [4.78, 5) is 244. The predicted octanol–water partition coefficient (Wildman–Crippen LogP) is -5.59. The Morgan fingerprint density at radius 3 is 1.23 bits per heavy atom. The summed E-state index contributed by atoms with van der Waals surface area (Å²) < 4.78 is 0. The van der Waals surface area contributed by atoms with Crippen molar-refractivity contribution in [2.75, 3.05) is 31.7 Å². The predicted molar refractivity (Wildman–Crippen MR) is 415 cm³/mol. The number of para-hydroxylation sites is 1. The van der Waals surface area contributed by atoms with E-state index < -0.39 is 261 Å². The molecular weight excluding hydrogens is 1530 g/mol. The molecule has 644 valence electrons. The Balaban J connectivity index is 2.40. The van der Waals surface area contributed by atoms with Crippen LogP contribution in [-0.4, -0.2) is 265 Å². The number of fused-ring (bicyclic) bond motifs is 1. The summed E-state index contributed by atoms with van der Waals surface area (Å²) >= 11 is 1.23. The number of hydrogen-bond donors (Lipinski definition) is 24. The molecule has 2 rings (SSSR count). The molecule has 0 aliphatic rings. The van der Waals surface area contributed by atoms with Gasteiger partial charge in [0.25, 0.3) is 0 Å². The number of nitrogens with one attached hydrogen (secondary N) is 14. The highest BCUT2D eigenvalue weighted by molar-refractivity contribution is 7.98. The van der Waals surface area contributed by atoms with Crippen molar-refractivity contribution in [2.45, 2.75) is 248 Å². The van der Waals surface area contributed by atoms with Gasteiger partial charge in [0.2, 0.25) is 82.7 Å². The minimum absolute atomic E-state index is 0.0419. The van der Waals surface area contributed by atoms with E-state index in [4.69, 9.17) is 28.0 Å². The monoisotopic (exact) mass is 1650 g/mol. The number of carbonyl (C=O) groups is 18. The number of carboxylic acids is 4. The van der Waals surface area contributed by atoms with Gasteiger partial charge in [0.15, 0.2) is 0 Å². The molecule has 0 fully saturated rings. The summed E-state index contributed by atoms with van der Waals surface area (Å²) in [6, 6.07) is -15.4. The molecular formula is C72H116N18O24S. The van der Waals surface area contributed by atoms with Gasteiger partial charge in [-0.2, -0.15) is 11.8 Å². The number of unbranched alkanes of at least 4 members (excludes halogenated alkanes) is 2. The second-order valence-corrected chi connectivity index (χ2v) is 29.6. The van der Waals surface area contributed by atoms with Crippen molar-refractivity contribution in [1.82, 2.24) is 74.1 Å². The average molecular weight is 1650 g/mol. The van der Waals surface area contributed by atoms with E-state index in [0.717, 1.165) is 24.8 Å². The maximum Gasteiger partial charge on any atom is 0.326 e. The van der Waals surface area contributed by atoms with E-state index in [1.165, 1.54) is 18.7 Å². The van der Waals surface area contributed by atoms with Gasteiger partial charge >= 0.3 is 23.9 Å². The third-order valence-electron chi connectivity index (χ3n) is 17.8. The number of benzene rings is 1. The van der Waals surface area contributed by atoms with Crippen LogP contribution in [-0.2, 0) is 92.7 Å². The van der Waals surface area contributed by atoms with Crippen molar-refractivity contribution in [2.24, 2.45) is 34.8 Å². The fourth-order valence-electron chi connectivity index (χ4n) is 11.4. The Morgan fingerprint density at radius 2 is 0.800 bits per heavy atom. The first-order valence-electron chi connectivity index (χ1n) is 37.7. The molecule has 43 heteroatoms. The number of amides is 14. The van der Waals surface area contributed by atoms with Crippen LogP contribution in [0.15, 0.2) is 30.5 Å². The smallest absolute Gasteiger partial charge is 0.326 e. The second kappa shape index (κ2) is 52.0. The summed E-state index contributed by atoms with van der Waals surface area (Å²) in [7, 11) is 0. The number of aromatic nitrogens is 1. The number of carbonyl (C=O) groups excluding carboxylic acids is 14. The SMILES string of the molecule is CSCC[C@H](NC(=O)[C@H](CCCCN)NC(=O)[C@H](CO)NC(=O)[C@@H](N)Cc1c[nH]c2ccccc12)C(=O)N[C@@H](CC(=O)O)C(=O)N[C@@H](CCC(N)=O)C(=O)N[C@@H](CC(C)C)C(=O)N[C@@H](C)C(=O)N[C@@H](CCCCN)C(=O)N[C@@H](CCC(=O)O)C(=O)N[C@@H](CC(C)C)C(=O)N[C@H](C(=O)N[C@@H](C)C(=O)N[C@@H](CCC(=O)O)C(=O)O)[C@@H](C)O. The molecule has 1 aromatic carbocycles. The van der Waals surface area contributed by atoms with Crippen LogP contribution in [0.4, 0.5) is 0 Å². The first-order valence-corrected chi connectivity index (χ1v) is 39.1. The lowest BCUT2D eigenvalue weighted by molar-refractivity contribution is -0.143. The van der Waals surface area contributed by atoms with Gasteiger partial charge in [0, 0.05) is 36.4 Å². The number of H-pyrrole nitrogens is 1. The number of hydrogen-bond acceptors (Lipinski definition) is 24. The van der Waals surface area contributed by atoms with Crippen LogP contribution >= 0.6 is 11.8 Å². The lowest BCUT2D eigenvalue weighted by Crippen LogP contribution is -2.61. The van der Waals surface area contributed by atoms with Crippen LogP contribution in [0.5, 0.6) is 0 Å². The number of rotatable bonds is 57. The largest absolute Gasteiger partial charge is 0.481 e. The molecule has 14 amide bonds. The second-order valence-electron chi connectivity index (χ2n) is 28.6. The molecule has 42 nitrogen and oxygen atoms in total. The third kappa shape index (κ3) is 37.5. The molecule has 15 atom stereocenters. The number of carboxylic acid groups (broad SMARTS) is 4. The van der Waals surface area contributed by atoms with Gasteiger partial charge in [-0.1, -0.05) is 45.9 Å². The Kier molecular flexibility index (Phi) is 45.4. The van der Waals surface area contributed by atoms with Gasteiger partial charge in [-0.05, 0) is 153 Å². The lowest BCUT2D eigenvalue weighted by atomic mass is 10.0. The van der Waals surface area contributed by atoms with E-state index >= 15 is 0 Å². The van der Waals surface area contributed by atoms with Crippen molar-refractivity contribution in [3.05, 3.63) is 36.0 Å². The van der Waals surface area contributed by atoms with Crippen molar-refractivity contribution < 1.29 is 117 Å². The van der Waals surface area contributed by atoms with Gasteiger partial charge in [-0.3, -0.25) is 81.5 Å². The average Bonchev–Trinajstić information content (AvgIpc) is 1.68. The van der Waals surface area contributed by atoms with Gasteiger partial charge < -0.3 is 128 Å². The van der Waals surface area contributed by atoms with Crippen LogP contribution in [0.1, 0.15) is 157 Å². The summed E-state index contributed by atoms with van der Waals surface area (Å²) in [5, 5.41) is 90.9. The van der Waals surface area contributed by atoms with Gasteiger partial charge in [-0.15, -0.1) is 0 Å². The first-order chi connectivity index (χ1) is 54.1. The standard InChI is InChI=1S/C72H116N18O24S/c1-35(2)29-50(67(108)78-37(5)59(100)80-44(17-11-13-26-73)62(103)82-47(20-23-55(94)95)65(106)87-51(30-36(3)4)69(110)90-58(39(7)92)71(112)79-38(6)60(101)85-49(72(113)114)21-24-56(96)97)86-64(105)46(19-22-54(76)93)83-68(109)52(32-57(98)99)88-66(107)48(25-28-115-8)84-63(104)45(18-12-14-27-74)81-70(111)53(34-91)89-61(102)42(75)31-40-33-77-43-16-10-9-15-41(40)43/h9-10,15-16,33,35-39,42,44-53,58,77,91-92H,11-14,17-32,34,73-75H2,1-8H3,(H2,76,93)(H,78,108)(H,79,112)(H,80,100)(H,81,111)(H,82,103)(H,83,109)(H,84,104)(H,85,101)(H,86,105)(H,87,106)(H,88,107)(H,89,102)(H,90,110)(H,94,95)(H,96,97)(H,98,99)(H,113,114)/t37-,38-,39+,42-,44-,45-,46-,47-,48-,49-,50-,51-,52-,53-,58-/m0/s1. The normalized spacial score (nSPS) is 15.2. The summed E-state index contributed by atoms with van der Waals surface area (Å²) in [6.07, 6.45) is -2.77. The molecule has 1 aromatic heterocycles. The number of aliphatic hydroxyl groups is 2. The fourth-order valence-corrected chi connectivity index (χ4v) is 11.9. The zero-order valence-corrected chi connectivity index (χ0v) is 66.6. The number of primary amides is 1. The number of aliphatic carboxylic acids is 4. The topological polar surface area (TPSA) is 705 Å². The molecule has 28 N–H and O–H groups in total. The molecule has 1 heterocycles.